The van der Waals surface area contributed by atoms with E-state index >= 15 is 0 Å². The van der Waals surface area contributed by atoms with E-state index in [2.05, 4.69) is 22.2 Å². The minimum Gasteiger partial charge on any atom is -0.341 e. The molecule has 1 fully saturated rings. The number of fused-ring (bicyclic) bond motifs is 1. The number of aromatic nitrogens is 4. The maximum atomic E-state index is 6.18. The highest BCUT2D eigenvalue weighted by Gasteiger charge is 2.21. The SMILES string of the molecule is CC1CCN(c2nc(Nc3cccc(Cl)c3)c3cnn(-c4ccccc4)c3n2)CC1. The lowest BCUT2D eigenvalue weighted by Crippen LogP contribution is -2.34. The van der Waals surface area contributed by atoms with Crippen molar-refractivity contribution in [2.24, 2.45) is 5.92 Å². The zero-order valence-electron chi connectivity index (χ0n) is 16.8. The van der Waals surface area contributed by atoms with Crippen LogP contribution in [0.5, 0.6) is 0 Å². The predicted octanol–water partition coefficient (Wildman–Crippen LogP) is 5.45. The van der Waals surface area contributed by atoms with E-state index in [0.29, 0.717) is 5.02 Å². The molecule has 1 aliphatic heterocycles. The van der Waals surface area contributed by atoms with Gasteiger partial charge in [0.05, 0.1) is 17.3 Å². The Labute approximate surface area is 180 Å². The van der Waals surface area contributed by atoms with Gasteiger partial charge in [0.15, 0.2) is 5.65 Å². The molecule has 0 spiro atoms. The van der Waals surface area contributed by atoms with Gasteiger partial charge < -0.3 is 10.2 Å². The van der Waals surface area contributed by atoms with E-state index in [1.165, 1.54) is 0 Å². The topological polar surface area (TPSA) is 58.9 Å². The summed E-state index contributed by atoms with van der Waals surface area (Å²) in [6, 6.07) is 17.7. The van der Waals surface area contributed by atoms with E-state index in [0.717, 1.165) is 66.0 Å². The second-order valence-corrected chi connectivity index (χ2v) is 8.24. The zero-order valence-corrected chi connectivity index (χ0v) is 17.5. The lowest BCUT2D eigenvalue weighted by atomic mass is 10.00. The summed E-state index contributed by atoms with van der Waals surface area (Å²) >= 11 is 6.18. The second kappa shape index (κ2) is 7.95. The van der Waals surface area contributed by atoms with Crippen LogP contribution >= 0.6 is 11.6 Å². The molecule has 1 N–H and O–H groups in total. The number of rotatable bonds is 4. The van der Waals surface area contributed by atoms with E-state index in [-0.39, 0.29) is 0 Å². The number of piperidine rings is 1. The fourth-order valence-corrected chi connectivity index (χ4v) is 3.99. The van der Waals surface area contributed by atoms with Crippen molar-refractivity contribution < 1.29 is 0 Å². The van der Waals surface area contributed by atoms with Gasteiger partial charge in [-0.2, -0.15) is 15.1 Å². The van der Waals surface area contributed by atoms with Crippen LogP contribution in [0.4, 0.5) is 17.5 Å². The van der Waals surface area contributed by atoms with Crippen LogP contribution in [-0.2, 0) is 0 Å². The summed E-state index contributed by atoms with van der Waals surface area (Å²) in [4.78, 5) is 12.1. The number of hydrogen-bond donors (Lipinski definition) is 1. The maximum absolute atomic E-state index is 6.18. The molecule has 2 aromatic heterocycles. The number of benzene rings is 2. The lowest BCUT2D eigenvalue weighted by molar-refractivity contribution is 0.434. The molecule has 152 valence electrons. The lowest BCUT2D eigenvalue weighted by Gasteiger charge is -2.30. The highest BCUT2D eigenvalue weighted by Crippen LogP contribution is 2.30. The fraction of sp³-hybridized carbons (Fsp3) is 0.261. The van der Waals surface area contributed by atoms with Crippen molar-refractivity contribution in [1.82, 2.24) is 19.7 Å². The standard InChI is InChI=1S/C23H23ClN6/c1-16-10-12-29(13-11-16)23-27-21(26-18-7-5-6-17(24)14-18)20-15-25-30(22(20)28-23)19-8-3-2-4-9-19/h2-9,14-16H,10-13H2,1H3,(H,26,27,28). The van der Waals surface area contributed by atoms with Gasteiger partial charge in [-0.1, -0.05) is 42.8 Å². The molecular weight excluding hydrogens is 396 g/mol. The molecule has 1 aliphatic rings. The monoisotopic (exact) mass is 418 g/mol. The molecule has 7 heteroatoms. The summed E-state index contributed by atoms with van der Waals surface area (Å²) in [6.07, 6.45) is 4.12. The Morgan fingerprint density at radius 2 is 1.80 bits per heavy atom. The van der Waals surface area contributed by atoms with Crippen LogP contribution in [0, 0.1) is 5.92 Å². The Morgan fingerprint density at radius 1 is 1.00 bits per heavy atom. The van der Waals surface area contributed by atoms with E-state index in [1.807, 2.05) is 65.5 Å². The van der Waals surface area contributed by atoms with Crippen molar-refractivity contribution in [3.05, 3.63) is 65.8 Å². The molecule has 0 bridgehead atoms. The Morgan fingerprint density at radius 3 is 2.57 bits per heavy atom. The zero-order chi connectivity index (χ0) is 20.5. The molecule has 30 heavy (non-hydrogen) atoms. The first-order valence-electron chi connectivity index (χ1n) is 10.3. The number of hydrogen-bond acceptors (Lipinski definition) is 5. The maximum Gasteiger partial charge on any atom is 0.229 e. The minimum absolute atomic E-state index is 0.676. The molecule has 1 saturated heterocycles. The first-order chi connectivity index (χ1) is 14.7. The van der Waals surface area contributed by atoms with Gasteiger partial charge in [0.25, 0.3) is 0 Å². The summed E-state index contributed by atoms with van der Waals surface area (Å²) in [7, 11) is 0. The average Bonchev–Trinajstić information content (AvgIpc) is 3.19. The van der Waals surface area contributed by atoms with Crippen LogP contribution in [0.2, 0.25) is 5.02 Å². The van der Waals surface area contributed by atoms with Crippen molar-refractivity contribution >= 4 is 40.1 Å². The number of nitrogens with one attached hydrogen (secondary N) is 1. The molecule has 0 atom stereocenters. The average molecular weight is 419 g/mol. The highest BCUT2D eigenvalue weighted by molar-refractivity contribution is 6.30. The minimum atomic E-state index is 0.676. The molecule has 3 heterocycles. The van der Waals surface area contributed by atoms with Crippen LogP contribution in [-0.4, -0.2) is 32.8 Å². The molecule has 0 aliphatic carbocycles. The van der Waals surface area contributed by atoms with Crippen LogP contribution in [0.1, 0.15) is 19.8 Å². The van der Waals surface area contributed by atoms with Crippen LogP contribution < -0.4 is 10.2 Å². The van der Waals surface area contributed by atoms with Gasteiger partial charge in [-0.25, -0.2) is 4.68 Å². The molecule has 0 radical (unpaired) electrons. The highest BCUT2D eigenvalue weighted by atomic mass is 35.5. The number of para-hydroxylation sites is 1. The van der Waals surface area contributed by atoms with Crippen molar-refractivity contribution in [2.45, 2.75) is 19.8 Å². The summed E-state index contributed by atoms with van der Waals surface area (Å²) in [5.41, 5.74) is 2.64. The first-order valence-corrected chi connectivity index (χ1v) is 10.6. The Balaban J connectivity index is 1.62. The molecule has 6 nitrogen and oxygen atoms in total. The van der Waals surface area contributed by atoms with Crippen molar-refractivity contribution in [3.63, 3.8) is 0 Å². The quantitative estimate of drug-likeness (QED) is 0.477. The third-order valence-electron chi connectivity index (χ3n) is 5.57. The fourth-order valence-electron chi connectivity index (χ4n) is 3.80. The third-order valence-corrected chi connectivity index (χ3v) is 5.81. The van der Waals surface area contributed by atoms with Crippen LogP contribution in [0.15, 0.2) is 60.8 Å². The molecular formula is C23H23ClN6. The summed E-state index contributed by atoms with van der Waals surface area (Å²) in [5, 5.41) is 9.58. The normalized spacial score (nSPS) is 14.9. The second-order valence-electron chi connectivity index (χ2n) is 7.81. The van der Waals surface area contributed by atoms with Crippen molar-refractivity contribution in [3.8, 4) is 5.69 Å². The van der Waals surface area contributed by atoms with Gasteiger partial charge >= 0.3 is 0 Å². The number of nitrogens with zero attached hydrogens (tertiary/aromatic N) is 5. The molecule has 2 aromatic carbocycles. The van der Waals surface area contributed by atoms with Gasteiger partial charge in [0.1, 0.15) is 5.82 Å². The Kier molecular flexibility index (Phi) is 5.01. The van der Waals surface area contributed by atoms with Crippen LogP contribution in [0.25, 0.3) is 16.7 Å². The molecule has 5 rings (SSSR count). The molecule has 0 amide bonds. The van der Waals surface area contributed by atoms with Gasteiger partial charge in [-0.3, -0.25) is 0 Å². The summed E-state index contributed by atoms with van der Waals surface area (Å²) in [5.74, 6) is 2.21. The third kappa shape index (κ3) is 3.71. The van der Waals surface area contributed by atoms with E-state index in [4.69, 9.17) is 21.6 Å². The van der Waals surface area contributed by atoms with Gasteiger partial charge in [0, 0.05) is 23.8 Å². The van der Waals surface area contributed by atoms with Crippen molar-refractivity contribution in [1.29, 1.82) is 0 Å². The van der Waals surface area contributed by atoms with E-state index < -0.39 is 0 Å². The van der Waals surface area contributed by atoms with Crippen LogP contribution in [0.3, 0.4) is 0 Å². The largest absolute Gasteiger partial charge is 0.341 e. The molecule has 4 aromatic rings. The van der Waals surface area contributed by atoms with Gasteiger partial charge in [-0.05, 0) is 49.1 Å². The number of halogens is 1. The summed E-state index contributed by atoms with van der Waals surface area (Å²) < 4.78 is 1.87. The van der Waals surface area contributed by atoms with E-state index in [9.17, 15) is 0 Å². The molecule has 0 unspecified atom stereocenters. The van der Waals surface area contributed by atoms with E-state index in [1.54, 1.807) is 0 Å². The first kappa shape index (κ1) is 18.9. The molecule has 0 saturated carbocycles. The van der Waals surface area contributed by atoms with Crippen molar-refractivity contribution in [2.75, 3.05) is 23.3 Å². The Hall–Kier alpha value is -3.12. The predicted molar refractivity (Wildman–Crippen MR) is 122 cm³/mol. The number of anilines is 3. The smallest absolute Gasteiger partial charge is 0.229 e. The van der Waals surface area contributed by atoms with Gasteiger partial charge in [0.2, 0.25) is 5.95 Å². The van der Waals surface area contributed by atoms with Gasteiger partial charge in [-0.15, -0.1) is 0 Å². The summed E-state index contributed by atoms with van der Waals surface area (Å²) in [6.45, 7) is 4.23. The Bertz CT molecular complexity index is 1170.